The summed E-state index contributed by atoms with van der Waals surface area (Å²) >= 11 is 11.8. The Bertz CT molecular complexity index is 657. The van der Waals surface area contributed by atoms with Gasteiger partial charge in [0.25, 0.3) is 0 Å². The number of hydrogen-bond acceptors (Lipinski definition) is 4. The average Bonchev–Trinajstić information content (AvgIpc) is 2.51. The second-order valence-corrected chi connectivity index (χ2v) is 5.14. The van der Waals surface area contributed by atoms with E-state index in [1.54, 1.807) is 42.5 Å². The van der Waals surface area contributed by atoms with E-state index in [9.17, 15) is 5.21 Å². The molecule has 0 fully saturated rings. The van der Waals surface area contributed by atoms with Gasteiger partial charge in [0, 0.05) is 10.6 Å². The number of halogens is 2. The zero-order valence-electron chi connectivity index (χ0n) is 11.8. The van der Waals surface area contributed by atoms with E-state index in [0.717, 1.165) is 11.3 Å². The molecular weight excluding hydrogens is 325 g/mol. The fraction of sp³-hybridized carbons (Fsp3) is 0.125. The molecule has 0 amide bonds. The van der Waals surface area contributed by atoms with Gasteiger partial charge in [-0.15, -0.1) is 0 Å². The van der Waals surface area contributed by atoms with Crippen LogP contribution < -0.4 is 15.0 Å². The lowest BCUT2D eigenvalue weighted by atomic mass is 10.2. The van der Waals surface area contributed by atoms with Gasteiger partial charge in [0.1, 0.15) is 23.5 Å². The summed E-state index contributed by atoms with van der Waals surface area (Å²) in [6.45, 7) is 2.51. The number of benzene rings is 2. The smallest absolute Gasteiger partial charge is 0.145 e. The lowest BCUT2D eigenvalue weighted by molar-refractivity contribution is 0.222. The molecule has 0 aliphatic carbocycles. The summed E-state index contributed by atoms with van der Waals surface area (Å²) in [5, 5.41) is 10.2. The van der Waals surface area contributed by atoms with Crippen LogP contribution in [-0.4, -0.2) is 11.8 Å². The molecule has 6 heteroatoms. The van der Waals surface area contributed by atoms with Crippen molar-refractivity contribution >= 4 is 28.9 Å². The maximum absolute atomic E-state index is 9.26. The van der Waals surface area contributed by atoms with Crippen molar-refractivity contribution in [2.45, 2.75) is 6.92 Å². The van der Waals surface area contributed by atoms with E-state index in [-0.39, 0.29) is 0 Å². The lowest BCUT2D eigenvalue weighted by Crippen LogP contribution is -2.07. The van der Waals surface area contributed by atoms with Crippen LogP contribution in [-0.2, 0) is 0 Å². The topological polar surface area (TPSA) is 50.7 Å². The molecule has 0 unspecified atom stereocenters. The van der Waals surface area contributed by atoms with Gasteiger partial charge in [-0.25, -0.2) is 0 Å². The summed E-state index contributed by atoms with van der Waals surface area (Å²) in [5.74, 6) is 1.19. The zero-order chi connectivity index (χ0) is 15.9. The molecule has 22 heavy (non-hydrogen) atoms. The molecule has 0 aromatic heterocycles. The van der Waals surface area contributed by atoms with Crippen molar-refractivity contribution in [3.8, 4) is 11.5 Å². The highest BCUT2D eigenvalue weighted by atomic mass is 35.5. The molecule has 2 aromatic carbocycles. The molecule has 2 N–H and O–H groups in total. The first-order valence-electron chi connectivity index (χ1n) is 6.59. The van der Waals surface area contributed by atoms with E-state index < -0.39 is 0 Å². The number of ether oxygens (including phenoxy) is 2. The van der Waals surface area contributed by atoms with Crippen molar-refractivity contribution in [1.82, 2.24) is 5.48 Å². The Morgan fingerprint density at radius 2 is 1.91 bits per heavy atom. The van der Waals surface area contributed by atoms with Crippen LogP contribution >= 0.6 is 23.2 Å². The van der Waals surface area contributed by atoms with Gasteiger partial charge < -0.3 is 9.47 Å². The summed E-state index contributed by atoms with van der Waals surface area (Å²) in [7, 11) is 0. The van der Waals surface area contributed by atoms with E-state index in [4.69, 9.17) is 32.7 Å². The SMILES string of the molecule is CCOc1ccc(C(=COc2ccc(Cl)cc2Cl)NO)cc1. The fourth-order valence-corrected chi connectivity index (χ4v) is 2.20. The third-order valence-electron chi connectivity index (χ3n) is 2.79. The molecule has 0 saturated carbocycles. The maximum atomic E-state index is 9.26. The summed E-state index contributed by atoms with van der Waals surface area (Å²) in [5.41, 5.74) is 3.21. The summed E-state index contributed by atoms with van der Waals surface area (Å²) in [6.07, 6.45) is 1.37. The van der Waals surface area contributed by atoms with Crippen molar-refractivity contribution in [3.05, 3.63) is 64.3 Å². The van der Waals surface area contributed by atoms with E-state index in [0.29, 0.717) is 28.1 Å². The first-order valence-corrected chi connectivity index (χ1v) is 7.35. The monoisotopic (exact) mass is 339 g/mol. The van der Waals surface area contributed by atoms with Crippen LogP contribution in [0, 0.1) is 0 Å². The van der Waals surface area contributed by atoms with Gasteiger partial charge in [-0.2, -0.15) is 0 Å². The first kappa shape index (κ1) is 16.5. The lowest BCUT2D eigenvalue weighted by Gasteiger charge is -2.09. The van der Waals surface area contributed by atoms with Gasteiger partial charge in [0.15, 0.2) is 0 Å². The Morgan fingerprint density at radius 3 is 2.50 bits per heavy atom. The van der Waals surface area contributed by atoms with Crippen LogP contribution in [0.2, 0.25) is 10.0 Å². The van der Waals surface area contributed by atoms with Crippen molar-refractivity contribution in [1.29, 1.82) is 0 Å². The van der Waals surface area contributed by atoms with E-state index >= 15 is 0 Å². The molecule has 0 saturated heterocycles. The molecule has 116 valence electrons. The molecule has 2 rings (SSSR count). The Kier molecular flexibility index (Phi) is 5.95. The molecule has 0 spiro atoms. The van der Waals surface area contributed by atoms with Crippen molar-refractivity contribution in [2.24, 2.45) is 0 Å². The van der Waals surface area contributed by atoms with E-state index in [2.05, 4.69) is 5.48 Å². The van der Waals surface area contributed by atoms with Gasteiger partial charge in [0.2, 0.25) is 0 Å². The molecule has 4 nitrogen and oxygen atoms in total. The van der Waals surface area contributed by atoms with Crippen molar-refractivity contribution in [2.75, 3.05) is 6.61 Å². The van der Waals surface area contributed by atoms with Gasteiger partial charge in [-0.05, 0) is 49.4 Å². The predicted octanol–water partition coefficient (Wildman–Crippen LogP) is 4.75. The van der Waals surface area contributed by atoms with Crippen molar-refractivity contribution in [3.63, 3.8) is 0 Å². The number of nitrogens with one attached hydrogen (secondary N) is 1. The van der Waals surface area contributed by atoms with Gasteiger partial charge in [-0.3, -0.25) is 10.7 Å². The zero-order valence-corrected chi connectivity index (χ0v) is 13.4. The molecule has 0 heterocycles. The third-order valence-corrected chi connectivity index (χ3v) is 3.32. The molecule has 0 atom stereocenters. The van der Waals surface area contributed by atoms with Crippen LogP contribution in [0.15, 0.2) is 48.7 Å². The highest BCUT2D eigenvalue weighted by Gasteiger charge is 2.05. The van der Waals surface area contributed by atoms with E-state index in [1.807, 2.05) is 6.92 Å². The number of hydrogen-bond donors (Lipinski definition) is 2. The minimum absolute atomic E-state index is 0.382. The molecular formula is C16H15Cl2NO3. The fourth-order valence-electron chi connectivity index (χ4n) is 1.75. The number of rotatable bonds is 6. The highest BCUT2D eigenvalue weighted by Crippen LogP contribution is 2.28. The van der Waals surface area contributed by atoms with Gasteiger partial charge in [-0.1, -0.05) is 23.2 Å². The summed E-state index contributed by atoms with van der Waals surface area (Å²) in [6, 6.07) is 12.1. The Labute approximate surface area is 138 Å². The third kappa shape index (κ3) is 4.31. The Balaban J connectivity index is 2.16. The van der Waals surface area contributed by atoms with E-state index in [1.165, 1.54) is 6.26 Å². The molecule has 2 aromatic rings. The standard InChI is InChI=1S/C16H15Cl2NO3/c1-2-21-13-6-3-11(4-7-13)15(19-20)10-22-16-8-5-12(17)9-14(16)18/h3-10,19-20H,2H2,1H3. The summed E-state index contributed by atoms with van der Waals surface area (Å²) < 4.78 is 10.8. The average molecular weight is 340 g/mol. The second-order valence-electron chi connectivity index (χ2n) is 4.29. The Morgan fingerprint density at radius 1 is 1.18 bits per heavy atom. The minimum atomic E-state index is 0.382. The maximum Gasteiger partial charge on any atom is 0.145 e. The molecule has 0 aliphatic heterocycles. The van der Waals surface area contributed by atoms with Crippen LogP contribution in [0.4, 0.5) is 0 Å². The second kappa shape index (κ2) is 7.94. The first-order chi connectivity index (χ1) is 10.6. The Hall–Kier alpha value is -1.88. The van der Waals surface area contributed by atoms with Gasteiger partial charge >= 0.3 is 0 Å². The molecule has 0 radical (unpaired) electrons. The van der Waals surface area contributed by atoms with Crippen LogP contribution in [0.3, 0.4) is 0 Å². The largest absolute Gasteiger partial charge is 0.494 e. The van der Waals surface area contributed by atoms with Gasteiger partial charge in [0.05, 0.1) is 11.6 Å². The normalized spacial score (nSPS) is 11.2. The predicted molar refractivity (Wildman–Crippen MR) is 87.6 cm³/mol. The van der Waals surface area contributed by atoms with Crippen LogP contribution in [0.5, 0.6) is 11.5 Å². The van der Waals surface area contributed by atoms with Crippen LogP contribution in [0.1, 0.15) is 12.5 Å². The highest BCUT2D eigenvalue weighted by molar-refractivity contribution is 6.35. The van der Waals surface area contributed by atoms with Crippen LogP contribution in [0.25, 0.3) is 5.70 Å². The van der Waals surface area contributed by atoms with Crippen molar-refractivity contribution < 1.29 is 14.7 Å². The number of hydroxylamine groups is 1. The quantitative estimate of drug-likeness (QED) is 0.589. The molecule has 0 bridgehead atoms. The summed E-state index contributed by atoms with van der Waals surface area (Å²) in [4.78, 5) is 0. The minimum Gasteiger partial charge on any atom is -0.494 e. The molecule has 0 aliphatic rings.